The van der Waals surface area contributed by atoms with Crippen molar-refractivity contribution in [2.24, 2.45) is 22.7 Å². The minimum absolute atomic E-state index is 0.0396. The third kappa shape index (κ3) is 4.38. The van der Waals surface area contributed by atoms with Crippen molar-refractivity contribution >= 4 is 0 Å². The molecule has 0 bridgehead atoms. The molecule has 5 heteroatoms. The van der Waals surface area contributed by atoms with Gasteiger partial charge in [0.15, 0.2) is 0 Å². The van der Waals surface area contributed by atoms with Crippen LogP contribution in [0.1, 0.15) is 25.3 Å². The van der Waals surface area contributed by atoms with Crippen LogP contribution in [0, 0.1) is 34.0 Å². The van der Waals surface area contributed by atoms with Gasteiger partial charge in [-0.15, -0.1) is 0 Å². The Morgan fingerprint density at radius 1 is 1.03 bits per heavy atom. The highest BCUT2D eigenvalue weighted by atomic mass is 19.1. The first kappa shape index (κ1) is 22.0. The molecule has 3 rings (SSSR count). The van der Waals surface area contributed by atoms with Crippen LogP contribution in [0.5, 0.6) is 11.5 Å². The Kier molecular flexibility index (Phi) is 6.55. The zero-order valence-electron chi connectivity index (χ0n) is 17.2. The average Bonchev–Trinajstić information content (AvgIpc) is 3.31. The number of para-hydroxylation sites is 1. The standard InChI is InChI=1S/C25H26F3NO/c1-24(2)22(11-12-25(15-26,16-27)17-28)23(24)21(14-29)18-7-6-10-20(13-18)30-19-8-4-3-5-9-19/h3-13,21-23H,15-17H2,1-2H3/t21?,22-,23+/m1/s1. The Morgan fingerprint density at radius 2 is 1.67 bits per heavy atom. The lowest BCUT2D eigenvalue weighted by molar-refractivity contribution is 0.163. The number of ether oxygens (including phenoxy) is 1. The average molecular weight is 413 g/mol. The molecule has 1 saturated carbocycles. The monoisotopic (exact) mass is 413 g/mol. The molecule has 2 aromatic rings. The van der Waals surface area contributed by atoms with Crippen LogP contribution in [0.25, 0.3) is 0 Å². The number of allylic oxidation sites excluding steroid dienone is 2. The molecule has 158 valence electrons. The fourth-order valence-electron chi connectivity index (χ4n) is 4.03. The van der Waals surface area contributed by atoms with Crippen molar-refractivity contribution in [2.75, 3.05) is 20.0 Å². The van der Waals surface area contributed by atoms with Crippen molar-refractivity contribution in [2.45, 2.75) is 19.8 Å². The van der Waals surface area contributed by atoms with E-state index < -0.39 is 31.4 Å². The Hall–Kier alpha value is -2.74. The van der Waals surface area contributed by atoms with E-state index in [9.17, 15) is 18.4 Å². The number of alkyl halides is 3. The molecule has 2 nitrogen and oxygen atoms in total. The molecule has 1 aliphatic carbocycles. The lowest BCUT2D eigenvalue weighted by atomic mass is 9.90. The van der Waals surface area contributed by atoms with Crippen LogP contribution in [-0.2, 0) is 0 Å². The van der Waals surface area contributed by atoms with Gasteiger partial charge in [-0.25, -0.2) is 13.2 Å². The minimum atomic E-state index is -1.71. The predicted molar refractivity (Wildman–Crippen MR) is 112 cm³/mol. The van der Waals surface area contributed by atoms with Crippen LogP contribution in [0.15, 0.2) is 66.7 Å². The van der Waals surface area contributed by atoms with Crippen molar-refractivity contribution in [3.63, 3.8) is 0 Å². The van der Waals surface area contributed by atoms with Crippen LogP contribution in [0.3, 0.4) is 0 Å². The molecule has 0 aromatic heterocycles. The van der Waals surface area contributed by atoms with Gasteiger partial charge >= 0.3 is 0 Å². The number of halogens is 3. The molecule has 1 fully saturated rings. The van der Waals surface area contributed by atoms with E-state index in [-0.39, 0.29) is 17.3 Å². The number of hydrogen-bond acceptors (Lipinski definition) is 2. The molecule has 2 aromatic carbocycles. The highest BCUT2D eigenvalue weighted by molar-refractivity contribution is 5.39. The molecular weight excluding hydrogens is 387 g/mol. The lowest BCUT2D eigenvalue weighted by Gasteiger charge is -2.19. The van der Waals surface area contributed by atoms with Crippen molar-refractivity contribution in [1.82, 2.24) is 0 Å². The zero-order chi connectivity index (χ0) is 21.8. The smallest absolute Gasteiger partial charge is 0.127 e. The third-order valence-corrected chi connectivity index (χ3v) is 6.15. The van der Waals surface area contributed by atoms with E-state index in [1.54, 1.807) is 6.08 Å². The zero-order valence-corrected chi connectivity index (χ0v) is 17.2. The molecular formula is C25H26F3NO. The third-order valence-electron chi connectivity index (χ3n) is 6.15. The van der Waals surface area contributed by atoms with Gasteiger partial charge in [0, 0.05) is 0 Å². The van der Waals surface area contributed by atoms with E-state index in [0.29, 0.717) is 11.5 Å². The highest BCUT2D eigenvalue weighted by Crippen LogP contribution is 2.64. The molecule has 1 aliphatic rings. The normalized spacial score (nSPS) is 21.2. The largest absolute Gasteiger partial charge is 0.457 e. The van der Waals surface area contributed by atoms with Crippen LogP contribution in [0.2, 0.25) is 0 Å². The fraction of sp³-hybridized carbons (Fsp3) is 0.400. The summed E-state index contributed by atoms with van der Waals surface area (Å²) in [4.78, 5) is 0. The first-order chi connectivity index (χ1) is 14.4. The summed E-state index contributed by atoms with van der Waals surface area (Å²) in [5.41, 5.74) is -1.12. The summed E-state index contributed by atoms with van der Waals surface area (Å²) in [5, 5.41) is 9.89. The van der Waals surface area contributed by atoms with Crippen molar-refractivity contribution in [3.05, 3.63) is 72.3 Å². The Balaban J connectivity index is 1.81. The Labute approximate surface area is 176 Å². The van der Waals surface area contributed by atoms with E-state index in [2.05, 4.69) is 6.07 Å². The number of rotatable bonds is 9. The SMILES string of the molecule is CC1(C)[C@H](C=CC(CF)(CF)CF)[C@@H]1C(C#N)c1cccc(Oc2ccccc2)c1. The Morgan fingerprint density at radius 3 is 2.27 bits per heavy atom. The highest BCUT2D eigenvalue weighted by Gasteiger charge is 2.60. The van der Waals surface area contributed by atoms with Crippen molar-refractivity contribution < 1.29 is 17.9 Å². The Bertz CT molecular complexity index is 907. The summed E-state index contributed by atoms with van der Waals surface area (Å²) in [6, 6.07) is 19.2. The van der Waals surface area contributed by atoms with Gasteiger partial charge in [0.1, 0.15) is 31.5 Å². The number of benzene rings is 2. The molecule has 0 aliphatic heterocycles. The van der Waals surface area contributed by atoms with Gasteiger partial charge in [0.2, 0.25) is 0 Å². The van der Waals surface area contributed by atoms with E-state index in [1.807, 2.05) is 68.4 Å². The van der Waals surface area contributed by atoms with Gasteiger partial charge in [0.25, 0.3) is 0 Å². The molecule has 1 unspecified atom stereocenters. The van der Waals surface area contributed by atoms with E-state index in [1.165, 1.54) is 6.08 Å². The number of hydrogen-bond donors (Lipinski definition) is 0. The molecule has 0 spiro atoms. The van der Waals surface area contributed by atoms with Crippen LogP contribution >= 0.6 is 0 Å². The molecule has 0 amide bonds. The second-order valence-corrected chi connectivity index (χ2v) is 8.59. The van der Waals surface area contributed by atoms with E-state index >= 15 is 0 Å². The predicted octanol–water partition coefficient (Wildman–Crippen LogP) is 6.81. The van der Waals surface area contributed by atoms with Gasteiger partial charge in [-0.1, -0.05) is 56.3 Å². The van der Waals surface area contributed by atoms with Crippen molar-refractivity contribution in [3.8, 4) is 17.6 Å². The summed E-state index contributed by atoms with van der Waals surface area (Å²) < 4.78 is 45.4. The lowest BCUT2D eigenvalue weighted by Crippen LogP contribution is -2.26. The summed E-state index contributed by atoms with van der Waals surface area (Å²) in [5.74, 6) is 0.822. The van der Waals surface area contributed by atoms with Gasteiger partial charge in [0.05, 0.1) is 17.4 Å². The first-order valence-corrected chi connectivity index (χ1v) is 10.0. The van der Waals surface area contributed by atoms with Gasteiger partial charge < -0.3 is 4.74 Å². The number of nitrogens with zero attached hydrogens (tertiary/aromatic N) is 1. The molecule has 30 heavy (non-hydrogen) atoms. The van der Waals surface area contributed by atoms with Crippen LogP contribution in [-0.4, -0.2) is 20.0 Å². The van der Waals surface area contributed by atoms with Gasteiger partial charge in [-0.2, -0.15) is 5.26 Å². The van der Waals surface area contributed by atoms with Crippen LogP contribution < -0.4 is 4.74 Å². The molecule has 0 saturated heterocycles. The molecule has 0 radical (unpaired) electrons. The van der Waals surface area contributed by atoms with Crippen LogP contribution in [0.4, 0.5) is 13.2 Å². The quantitative estimate of drug-likeness (QED) is 0.423. The topological polar surface area (TPSA) is 33.0 Å². The van der Waals surface area contributed by atoms with Gasteiger partial charge in [-0.3, -0.25) is 0 Å². The first-order valence-electron chi connectivity index (χ1n) is 10.0. The van der Waals surface area contributed by atoms with Crippen molar-refractivity contribution in [1.29, 1.82) is 5.26 Å². The summed E-state index contributed by atoms with van der Waals surface area (Å²) in [6.45, 7) is 0.769. The molecule has 0 N–H and O–H groups in total. The second-order valence-electron chi connectivity index (χ2n) is 8.59. The maximum atomic E-state index is 13.2. The summed E-state index contributed by atoms with van der Waals surface area (Å²) in [6.07, 6.45) is 3.01. The number of nitriles is 1. The minimum Gasteiger partial charge on any atom is -0.457 e. The summed E-state index contributed by atoms with van der Waals surface area (Å²) >= 11 is 0. The molecule has 0 heterocycles. The second kappa shape index (κ2) is 8.95. The van der Waals surface area contributed by atoms with E-state index in [0.717, 1.165) is 5.56 Å². The van der Waals surface area contributed by atoms with Gasteiger partial charge in [-0.05, 0) is 47.1 Å². The summed E-state index contributed by atoms with van der Waals surface area (Å²) in [7, 11) is 0. The van der Waals surface area contributed by atoms with E-state index in [4.69, 9.17) is 4.74 Å². The fourth-order valence-corrected chi connectivity index (χ4v) is 4.03. The maximum absolute atomic E-state index is 13.2. The maximum Gasteiger partial charge on any atom is 0.127 e. The molecule has 3 atom stereocenters.